The number of nitrogens with two attached hydrogens (primary N) is 1. The first-order chi connectivity index (χ1) is 10.1. The smallest absolute Gasteiger partial charge is 0.313 e. The van der Waals surface area contributed by atoms with Crippen molar-refractivity contribution < 1.29 is 9.59 Å². The van der Waals surface area contributed by atoms with Crippen molar-refractivity contribution in [3.05, 3.63) is 28.7 Å². The van der Waals surface area contributed by atoms with Crippen molar-refractivity contribution in [2.24, 2.45) is 5.73 Å². The van der Waals surface area contributed by atoms with Crippen molar-refractivity contribution in [3.63, 3.8) is 0 Å². The Balaban J connectivity index is 1.89. The number of benzene rings is 1. The maximum absolute atomic E-state index is 12.1. The summed E-state index contributed by atoms with van der Waals surface area (Å²) in [6.07, 6.45) is 0. The maximum atomic E-state index is 12.1. The fourth-order valence-electron chi connectivity index (χ4n) is 2.24. The summed E-state index contributed by atoms with van der Waals surface area (Å²) in [5.74, 6) is -1.09. The molecule has 3 N–H and O–H groups in total. The van der Waals surface area contributed by atoms with Gasteiger partial charge in [0.2, 0.25) is 0 Å². The second kappa shape index (κ2) is 7.53. The number of para-hydroxylation sites is 1. The lowest BCUT2D eigenvalue weighted by Gasteiger charge is -2.34. The van der Waals surface area contributed by atoms with Crippen molar-refractivity contribution in [1.82, 2.24) is 9.80 Å². The summed E-state index contributed by atoms with van der Waals surface area (Å²) in [6, 6.07) is 7.20. The van der Waals surface area contributed by atoms with Crippen molar-refractivity contribution >= 4 is 33.4 Å². The topological polar surface area (TPSA) is 78.7 Å². The molecule has 0 saturated carbocycles. The minimum atomic E-state index is -0.603. The Morgan fingerprint density at radius 3 is 2.48 bits per heavy atom. The molecule has 0 radical (unpaired) electrons. The van der Waals surface area contributed by atoms with E-state index in [1.54, 1.807) is 17.0 Å². The Morgan fingerprint density at radius 2 is 1.86 bits per heavy atom. The number of nitrogens with zero attached hydrogens (tertiary/aromatic N) is 2. The number of hydrogen-bond acceptors (Lipinski definition) is 4. The summed E-state index contributed by atoms with van der Waals surface area (Å²) in [4.78, 5) is 27.9. The molecule has 7 heteroatoms. The van der Waals surface area contributed by atoms with Gasteiger partial charge in [-0.3, -0.25) is 14.5 Å². The van der Waals surface area contributed by atoms with Crippen molar-refractivity contribution in [3.8, 4) is 0 Å². The van der Waals surface area contributed by atoms with Crippen LogP contribution in [0.5, 0.6) is 0 Å². The zero-order valence-electron chi connectivity index (χ0n) is 11.7. The predicted molar refractivity (Wildman–Crippen MR) is 84.8 cm³/mol. The number of amides is 2. The van der Waals surface area contributed by atoms with Crippen LogP contribution < -0.4 is 11.1 Å². The molecule has 1 aromatic carbocycles. The number of anilines is 1. The van der Waals surface area contributed by atoms with Crippen LogP contribution in [0.3, 0.4) is 0 Å². The molecule has 0 atom stereocenters. The average Bonchev–Trinajstić information content (AvgIpc) is 2.50. The van der Waals surface area contributed by atoms with E-state index in [0.717, 1.165) is 24.1 Å². The number of carbonyl (C=O) groups excluding carboxylic acids is 2. The lowest BCUT2D eigenvalue weighted by Crippen LogP contribution is -2.52. The minimum absolute atomic E-state index is 0.488. The highest BCUT2D eigenvalue weighted by atomic mass is 79.9. The highest BCUT2D eigenvalue weighted by molar-refractivity contribution is 9.10. The quantitative estimate of drug-likeness (QED) is 0.774. The molecular formula is C14H19BrN4O2. The SMILES string of the molecule is NCCN1CCN(C(=O)C(=O)Nc2ccccc2Br)CC1. The monoisotopic (exact) mass is 354 g/mol. The van der Waals surface area contributed by atoms with Gasteiger partial charge in [0.15, 0.2) is 0 Å². The van der Waals surface area contributed by atoms with Gasteiger partial charge in [-0.05, 0) is 28.1 Å². The molecule has 1 heterocycles. The molecule has 0 bridgehead atoms. The van der Waals surface area contributed by atoms with Crippen LogP contribution in [0.4, 0.5) is 5.69 Å². The van der Waals surface area contributed by atoms with Gasteiger partial charge in [0.1, 0.15) is 0 Å². The van der Waals surface area contributed by atoms with Gasteiger partial charge < -0.3 is 16.0 Å². The van der Waals surface area contributed by atoms with E-state index in [2.05, 4.69) is 26.1 Å². The molecular weight excluding hydrogens is 336 g/mol. The van der Waals surface area contributed by atoms with Crippen LogP contribution in [0.2, 0.25) is 0 Å². The Hall–Kier alpha value is -1.44. The third-order valence-electron chi connectivity index (χ3n) is 3.42. The molecule has 1 fully saturated rings. The van der Waals surface area contributed by atoms with E-state index < -0.39 is 11.8 Å². The van der Waals surface area contributed by atoms with E-state index in [1.807, 2.05) is 12.1 Å². The number of hydrogen-bond donors (Lipinski definition) is 2. The average molecular weight is 355 g/mol. The maximum Gasteiger partial charge on any atom is 0.313 e. The summed E-state index contributed by atoms with van der Waals surface area (Å²) >= 11 is 3.34. The molecule has 0 spiro atoms. The zero-order chi connectivity index (χ0) is 15.2. The van der Waals surface area contributed by atoms with E-state index in [1.165, 1.54) is 0 Å². The molecule has 114 valence electrons. The molecule has 1 aromatic rings. The van der Waals surface area contributed by atoms with E-state index in [0.29, 0.717) is 25.3 Å². The molecule has 2 rings (SSSR count). The van der Waals surface area contributed by atoms with Gasteiger partial charge in [-0.1, -0.05) is 12.1 Å². The third-order valence-corrected chi connectivity index (χ3v) is 4.11. The van der Waals surface area contributed by atoms with Crippen LogP contribution in [-0.4, -0.2) is 60.9 Å². The summed E-state index contributed by atoms with van der Waals surface area (Å²) in [7, 11) is 0. The molecule has 1 aliphatic heterocycles. The first-order valence-electron chi connectivity index (χ1n) is 6.89. The van der Waals surface area contributed by atoms with Gasteiger partial charge in [-0.2, -0.15) is 0 Å². The lowest BCUT2D eigenvalue weighted by atomic mass is 10.3. The minimum Gasteiger partial charge on any atom is -0.332 e. The molecule has 21 heavy (non-hydrogen) atoms. The molecule has 0 aromatic heterocycles. The van der Waals surface area contributed by atoms with E-state index in [-0.39, 0.29) is 0 Å². The fourth-order valence-corrected chi connectivity index (χ4v) is 2.62. The van der Waals surface area contributed by atoms with Gasteiger partial charge in [-0.15, -0.1) is 0 Å². The van der Waals surface area contributed by atoms with Crippen LogP contribution in [-0.2, 0) is 9.59 Å². The lowest BCUT2D eigenvalue weighted by molar-refractivity contribution is -0.144. The summed E-state index contributed by atoms with van der Waals surface area (Å²) in [5.41, 5.74) is 6.11. The van der Waals surface area contributed by atoms with Gasteiger partial charge in [-0.25, -0.2) is 0 Å². The Morgan fingerprint density at radius 1 is 1.19 bits per heavy atom. The number of carbonyl (C=O) groups is 2. The van der Waals surface area contributed by atoms with Crippen LogP contribution in [0.15, 0.2) is 28.7 Å². The second-order valence-electron chi connectivity index (χ2n) is 4.86. The molecule has 0 unspecified atom stereocenters. The summed E-state index contributed by atoms with van der Waals surface area (Å²) in [5, 5.41) is 2.63. The van der Waals surface area contributed by atoms with Crippen LogP contribution >= 0.6 is 15.9 Å². The van der Waals surface area contributed by atoms with Crippen molar-refractivity contribution in [2.45, 2.75) is 0 Å². The number of piperazine rings is 1. The third kappa shape index (κ3) is 4.26. The van der Waals surface area contributed by atoms with Gasteiger partial charge in [0.05, 0.1) is 5.69 Å². The van der Waals surface area contributed by atoms with Crippen molar-refractivity contribution in [2.75, 3.05) is 44.6 Å². The molecule has 2 amide bonds. The van der Waals surface area contributed by atoms with E-state index >= 15 is 0 Å². The fraction of sp³-hybridized carbons (Fsp3) is 0.429. The Labute approximate surface area is 132 Å². The largest absolute Gasteiger partial charge is 0.332 e. The molecule has 0 aliphatic carbocycles. The number of halogens is 1. The highest BCUT2D eigenvalue weighted by Crippen LogP contribution is 2.21. The van der Waals surface area contributed by atoms with E-state index in [4.69, 9.17) is 5.73 Å². The predicted octanol–water partition coefficient (Wildman–Crippen LogP) is 0.491. The normalized spacial score (nSPS) is 15.8. The Kier molecular flexibility index (Phi) is 5.72. The number of rotatable bonds is 3. The van der Waals surface area contributed by atoms with E-state index in [9.17, 15) is 9.59 Å². The first kappa shape index (κ1) is 15.9. The van der Waals surface area contributed by atoms with Crippen LogP contribution in [0, 0.1) is 0 Å². The van der Waals surface area contributed by atoms with Crippen molar-refractivity contribution in [1.29, 1.82) is 0 Å². The van der Waals surface area contributed by atoms with Gasteiger partial charge >= 0.3 is 11.8 Å². The first-order valence-corrected chi connectivity index (χ1v) is 7.68. The second-order valence-corrected chi connectivity index (χ2v) is 5.71. The molecule has 1 aliphatic rings. The molecule has 6 nitrogen and oxygen atoms in total. The van der Waals surface area contributed by atoms with Crippen LogP contribution in [0.25, 0.3) is 0 Å². The Bertz CT molecular complexity index is 515. The number of nitrogens with one attached hydrogen (secondary N) is 1. The summed E-state index contributed by atoms with van der Waals surface area (Å²) < 4.78 is 0.749. The van der Waals surface area contributed by atoms with Gasteiger partial charge in [0, 0.05) is 43.7 Å². The standard InChI is InChI=1S/C14H19BrN4O2/c15-11-3-1-2-4-12(11)17-13(20)14(21)19-9-7-18(6-5-16)8-10-19/h1-4H,5-10,16H2,(H,17,20). The van der Waals surface area contributed by atoms with Crippen LogP contribution in [0.1, 0.15) is 0 Å². The highest BCUT2D eigenvalue weighted by Gasteiger charge is 2.25. The summed E-state index contributed by atoms with van der Waals surface area (Å²) in [6.45, 7) is 4.06. The molecule has 1 saturated heterocycles. The van der Waals surface area contributed by atoms with Gasteiger partial charge in [0.25, 0.3) is 0 Å². The zero-order valence-corrected chi connectivity index (χ0v) is 13.3.